The average Bonchev–Trinajstić information content (AvgIpc) is 2.88. The van der Waals surface area contributed by atoms with Crippen molar-refractivity contribution in [1.82, 2.24) is 14.5 Å². The molecule has 1 fully saturated rings. The van der Waals surface area contributed by atoms with Crippen molar-refractivity contribution in [3.05, 3.63) is 12.4 Å². The van der Waals surface area contributed by atoms with E-state index in [0.29, 0.717) is 25.7 Å². The van der Waals surface area contributed by atoms with Gasteiger partial charge in [0.25, 0.3) is 0 Å². The fourth-order valence-electron chi connectivity index (χ4n) is 2.30. The third-order valence-electron chi connectivity index (χ3n) is 3.49. The van der Waals surface area contributed by atoms with Gasteiger partial charge in [-0.05, 0) is 25.7 Å². The van der Waals surface area contributed by atoms with Gasteiger partial charge in [-0.2, -0.15) is 5.10 Å². The number of aryl methyl sites for hydroxylation is 1. The van der Waals surface area contributed by atoms with Gasteiger partial charge in [-0.3, -0.25) is 9.48 Å². The summed E-state index contributed by atoms with van der Waals surface area (Å²) in [6.45, 7) is 0.125. The fourth-order valence-corrected chi connectivity index (χ4v) is 3.55. The minimum absolute atomic E-state index is 0.0269. The zero-order chi connectivity index (χ0) is 15.5. The van der Waals surface area contributed by atoms with E-state index in [1.807, 2.05) is 0 Å². The van der Waals surface area contributed by atoms with Gasteiger partial charge >= 0.3 is 5.97 Å². The molecular weight excluding hydrogens is 298 g/mol. The van der Waals surface area contributed by atoms with Crippen LogP contribution in [0.25, 0.3) is 0 Å². The minimum Gasteiger partial charge on any atom is -0.481 e. The molecule has 0 aliphatic heterocycles. The average molecular weight is 317 g/mol. The number of hydrogen-bond acceptors (Lipinski definition) is 5. The second kappa shape index (κ2) is 6.54. The first-order valence-corrected chi connectivity index (χ1v) is 8.30. The van der Waals surface area contributed by atoms with Gasteiger partial charge in [-0.25, -0.2) is 13.1 Å². The maximum absolute atomic E-state index is 12.2. The summed E-state index contributed by atoms with van der Waals surface area (Å²) < 4.78 is 28.3. The summed E-state index contributed by atoms with van der Waals surface area (Å²) in [5, 5.41) is 21.9. The summed E-state index contributed by atoms with van der Waals surface area (Å²) in [5.41, 5.74) is 0. The molecule has 0 saturated heterocycles. The van der Waals surface area contributed by atoms with E-state index in [1.165, 1.54) is 17.1 Å². The number of aliphatic hydroxyl groups is 1. The molecule has 0 atom stereocenters. The van der Waals surface area contributed by atoms with Crippen LogP contribution >= 0.6 is 0 Å². The first kappa shape index (κ1) is 15.9. The van der Waals surface area contributed by atoms with Crippen molar-refractivity contribution in [2.24, 2.45) is 0 Å². The molecule has 2 rings (SSSR count). The summed E-state index contributed by atoms with van der Waals surface area (Å²) in [5.74, 6) is -0.964. The topological polar surface area (TPSA) is 122 Å². The molecule has 1 aromatic rings. The standard InChI is InChI=1S/C12H19N3O5S/c16-10-3-1-9(2-4-10)14-21(19,20)11-7-13-15(8-11)6-5-12(17)18/h7-10,14,16H,1-6H2,(H,17,18). The Labute approximate surface area is 122 Å². The molecule has 0 aromatic carbocycles. The Morgan fingerprint density at radius 3 is 2.67 bits per heavy atom. The van der Waals surface area contributed by atoms with Crippen LogP contribution in [-0.4, -0.2) is 46.5 Å². The van der Waals surface area contributed by atoms with Crippen molar-refractivity contribution in [2.45, 2.75) is 55.7 Å². The Kier molecular flexibility index (Phi) is 4.96. The molecule has 1 aromatic heterocycles. The molecule has 118 valence electrons. The van der Waals surface area contributed by atoms with Crippen molar-refractivity contribution in [1.29, 1.82) is 0 Å². The minimum atomic E-state index is -3.66. The Bertz CT molecular complexity index is 590. The largest absolute Gasteiger partial charge is 0.481 e. The number of carbonyl (C=O) groups is 1. The molecule has 0 radical (unpaired) electrons. The van der Waals surface area contributed by atoms with Crippen molar-refractivity contribution >= 4 is 16.0 Å². The second-order valence-corrected chi connectivity index (χ2v) is 6.92. The highest BCUT2D eigenvalue weighted by Gasteiger charge is 2.25. The Balaban J connectivity index is 1.97. The highest BCUT2D eigenvalue weighted by Crippen LogP contribution is 2.20. The van der Waals surface area contributed by atoms with Gasteiger partial charge in [0.2, 0.25) is 10.0 Å². The Morgan fingerprint density at radius 1 is 1.38 bits per heavy atom. The van der Waals surface area contributed by atoms with Crippen LogP contribution in [0.1, 0.15) is 32.1 Å². The molecule has 1 aliphatic carbocycles. The predicted octanol–water partition coefficient (Wildman–Crippen LogP) is -0.0604. The molecule has 0 spiro atoms. The number of carboxylic acid groups (broad SMARTS) is 1. The summed E-state index contributed by atoms with van der Waals surface area (Å²) in [6, 6.07) is -0.180. The molecule has 0 amide bonds. The zero-order valence-corrected chi connectivity index (χ0v) is 12.3. The molecule has 21 heavy (non-hydrogen) atoms. The SMILES string of the molecule is O=C(O)CCn1cc(S(=O)(=O)NC2CCC(O)CC2)cn1. The van der Waals surface area contributed by atoms with Crippen LogP contribution in [-0.2, 0) is 21.4 Å². The van der Waals surface area contributed by atoms with Crippen LogP contribution in [0.4, 0.5) is 0 Å². The second-order valence-electron chi connectivity index (χ2n) is 5.21. The monoisotopic (exact) mass is 317 g/mol. The lowest BCUT2D eigenvalue weighted by molar-refractivity contribution is -0.137. The van der Waals surface area contributed by atoms with E-state index >= 15 is 0 Å². The van der Waals surface area contributed by atoms with E-state index < -0.39 is 16.0 Å². The molecule has 1 heterocycles. The smallest absolute Gasteiger partial charge is 0.305 e. The molecule has 3 N–H and O–H groups in total. The van der Waals surface area contributed by atoms with Crippen molar-refractivity contribution in [2.75, 3.05) is 0 Å². The number of nitrogens with zero attached hydrogens (tertiary/aromatic N) is 2. The number of hydrogen-bond donors (Lipinski definition) is 3. The first-order chi connectivity index (χ1) is 9.87. The summed E-state index contributed by atoms with van der Waals surface area (Å²) in [7, 11) is -3.66. The van der Waals surface area contributed by atoms with E-state index in [2.05, 4.69) is 9.82 Å². The molecule has 1 aliphatic rings. The molecule has 0 unspecified atom stereocenters. The van der Waals surface area contributed by atoms with Gasteiger partial charge in [-0.15, -0.1) is 0 Å². The van der Waals surface area contributed by atoms with Crippen molar-refractivity contribution in [3.63, 3.8) is 0 Å². The highest BCUT2D eigenvalue weighted by atomic mass is 32.2. The van der Waals surface area contributed by atoms with Gasteiger partial charge < -0.3 is 10.2 Å². The summed E-state index contributed by atoms with van der Waals surface area (Å²) in [4.78, 5) is 10.5. The highest BCUT2D eigenvalue weighted by molar-refractivity contribution is 7.89. The first-order valence-electron chi connectivity index (χ1n) is 6.81. The van der Waals surface area contributed by atoms with Crippen LogP contribution in [0.2, 0.25) is 0 Å². The normalized spacial score (nSPS) is 23.1. The van der Waals surface area contributed by atoms with E-state index in [1.54, 1.807) is 0 Å². The van der Waals surface area contributed by atoms with Crippen molar-refractivity contribution in [3.8, 4) is 0 Å². The number of sulfonamides is 1. The summed E-state index contributed by atoms with van der Waals surface area (Å²) >= 11 is 0. The Hall–Kier alpha value is -1.45. The van der Waals surface area contributed by atoms with E-state index in [-0.39, 0.29) is 30.0 Å². The number of aromatic nitrogens is 2. The maximum atomic E-state index is 12.2. The van der Waals surface area contributed by atoms with Gasteiger partial charge in [0.1, 0.15) is 4.90 Å². The van der Waals surface area contributed by atoms with Gasteiger partial charge in [0.15, 0.2) is 0 Å². The third-order valence-corrected chi connectivity index (χ3v) is 4.97. The van der Waals surface area contributed by atoms with Crippen LogP contribution in [0.3, 0.4) is 0 Å². The fraction of sp³-hybridized carbons (Fsp3) is 0.667. The van der Waals surface area contributed by atoms with Crippen LogP contribution in [0.15, 0.2) is 17.3 Å². The van der Waals surface area contributed by atoms with Gasteiger partial charge in [0, 0.05) is 12.2 Å². The molecular formula is C12H19N3O5S. The zero-order valence-electron chi connectivity index (χ0n) is 11.5. The van der Waals surface area contributed by atoms with Crippen LogP contribution in [0.5, 0.6) is 0 Å². The van der Waals surface area contributed by atoms with Crippen LogP contribution < -0.4 is 4.72 Å². The molecule has 1 saturated carbocycles. The maximum Gasteiger partial charge on any atom is 0.305 e. The number of rotatable bonds is 6. The van der Waals surface area contributed by atoms with Gasteiger partial charge in [-0.1, -0.05) is 0 Å². The number of aliphatic hydroxyl groups excluding tert-OH is 1. The lowest BCUT2D eigenvalue weighted by Crippen LogP contribution is -2.38. The van der Waals surface area contributed by atoms with Crippen LogP contribution in [0, 0.1) is 0 Å². The molecule has 9 heteroatoms. The van der Waals surface area contributed by atoms with E-state index in [0.717, 1.165) is 0 Å². The third kappa shape index (κ3) is 4.51. The predicted molar refractivity (Wildman–Crippen MR) is 73.1 cm³/mol. The number of nitrogens with one attached hydrogen (secondary N) is 1. The summed E-state index contributed by atoms with van der Waals surface area (Å²) in [6.07, 6.45) is 4.46. The number of carboxylic acids is 1. The molecule has 8 nitrogen and oxygen atoms in total. The van der Waals surface area contributed by atoms with Gasteiger partial charge in [0.05, 0.1) is 25.3 Å². The number of aliphatic carboxylic acids is 1. The molecule has 0 bridgehead atoms. The Morgan fingerprint density at radius 2 is 2.05 bits per heavy atom. The van der Waals surface area contributed by atoms with Crippen molar-refractivity contribution < 1.29 is 23.4 Å². The van der Waals surface area contributed by atoms with E-state index in [9.17, 15) is 18.3 Å². The quantitative estimate of drug-likeness (QED) is 0.676. The lowest BCUT2D eigenvalue weighted by Gasteiger charge is -2.25. The van der Waals surface area contributed by atoms with E-state index in [4.69, 9.17) is 5.11 Å². The lowest BCUT2D eigenvalue weighted by atomic mass is 9.94.